The summed E-state index contributed by atoms with van der Waals surface area (Å²) in [6, 6.07) is 7.45. The number of hydrogen-bond donors (Lipinski definition) is 3. The van der Waals surface area contributed by atoms with E-state index in [-0.39, 0.29) is 6.54 Å². The van der Waals surface area contributed by atoms with Crippen LogP contribution in [0.25, 0.3) is 0 Å². The Morgan fingerprint density at radius 1 is 1.25 bits per heavy atom. The van der Waals surface area contributed by atoms with Crippen molar-refractivity contribution in [1.82, 2.24) is 10.6 Å². The van der Waals surface area contributed by atoms with Crippen LogP contribution in [0.5, 0.6) is 0 Å². The molecule has 3 N–H and O–H groups in total. The molecule has 0 aliphatic heterocycles. The molecule has 1 atom stereocenters. The Hall–Kier alpha value is -3.08. The molecule has 8 nitrogen and oxygen atoms in total. The van der Waals surface area contributed by atoms with Crippen LogP contribution in [0.1, 0.15) is 57.3 Å². The molecule has 0 saturated heterocycles. The fourth-order valence-corrected chi connectivity index (χ4v) is 2.33. The van der Waals surface area contributed by atoms with E-state index in [0.717, 1.165) is 12.8 Å². The number of hydrogen-bond acceptors (Lipinski definition) is 5. The van der Waals surface area contributed by atoms with Crippen LogP contribution in [0.2, 0.25) is 0 Å². The molecule has 0 aliphatic carbocycles. The van der Waals surface area contributed by atoms with Gasteiger partial charge >= 0.3 is 6.09 Å². The molecule has 8 heteroatoms. The van der Waals surface area contributed by atoms with Crippen LogP contribution in [0.3, 0.4) is 0 Å². The number of carbonyl (C=O) groups is 3. The fourth-order valence-electron chi connectivity index (χ4n) is 2.33. The Balaban J connectivity index is 2.82. The van der Waals surface area contributed by atoms with Gasteiger partial charge in [-0.2, -0.15) is 5.26 Å². The maximum Gasteiger partial charge on any atom is 0.412 e. The lowest BCUT2D eigenvalue weighted by molar-refractivity contribution is -0.122. The van der Waals surface area contributed by atoms with Crippen LogP contribution in [0, 0.1) is 11.3 Å². The molecule has 3 amide bonds. The minimum Gasteiger partial charge on any atom is -0.444 e. The summed E-state index contributed by atoms with van der Waals surface area (Å²) in [6.45, 7) is 7.13. The highest BCUT2D eigenvalue weighted by molar-refractivity contribution is 5.99. The third-order valence-corrected chi connectivity index (χ3v) is 3.58. The first-order chi connectivity index (χ1) is 13.2. The largest absolute Gasteiger partial charge is 0.444 e. The number of nitrogens with zero attached hydrogens (tertiary/aromatic N) is 1. The minimum absolute atomic E-state index is 0.118. The molecule has 0 fully saturated rings. The summed E-state index contributed by atoms with van der Waals surface area (Å²) in [6.07, 6.45) is 1.47. The van der Waals surface area contributed by atoms with E-state index in [2.05, 4.69) is 16.0 Å². The third kappa shape index (κ3) is 8.54. The average molecular weight is 388 g/mol. The molecule has 0 saturated carbocycles. The van der Waals surface area contributed by atoms with E-state index in [1.54, 1.807) is 39.0 Å². The lowest BCUT2D eigenvalue weighted by Crippen LogP contribution is -2.46. The predicted molar refractivity (Wildman–Crippen MR) is 106 cm³/mol. The van der Waals surface area contributed by atoms with Crippen molar-refractivity contribution in [2.45, 2.75) is 58.6 Å². The number of amides is 3. The second-order valence-electron chi connectivity index (χ2n) is 7.25. The van der Waals surface area contributed by atoms with E-state index in [9.17, 15) is 14.4 Å². The zero-order valence-corrected chi connectivity index (χ0v) is 16.8. The highest BCUT2D eigenvalue weighted by Crippen LogP contribution is 2.14. The maximum absolute atomic E-state index is 12.6. The topological polar surface area (TPSA) is 120 Å². The lowest BCUT2D eigenvalue weighted by atomic mass is 10.1. The molecule has 1 aromatic carbocycles. The lowest BCUT2D eigenvalue weighted by Gasteiger charge is -2.20. The molecule has 0 spiro atoms. The van der Waals surface area contributed by atoms with Crippen LogP contribution >= 0.6 is 0 Å². The van der Waals surface area contributed by atoms with Crippen molar-refractivity contribution in [2.75, 3.05) is 11.9 Å². The first kappa shape index (κ1) is 23.0. The number of nitriles is 1. The quantitative estimate of drug-likeness (QED) is 0.591. The van der Waals surface area contributed by atoms with Crippen LogP contribution in [0.4, 0.5) is 10.5 Å². The third-order valence-electron chi connectivity index (χ3n) is 3.58. The number of nitrogens with one attached hydrogen (secondary N) is 3. The summed E-state index contributed by atoms with van der Waals surface area (Å²) in [5.41, 5.74) is 0.0617. The molecule has 1 aromatic rings. The van der Waals surface area contributed by atoms with Gasteiger partial charge in [0.2, 0.25) is 5.91 Å². The molecule has 0 heterocycles. The molecular formula is C20H28N4O4. The number of ether oxygens (including phenoxy) is 1. The van der Waals surface area contributed by atoms with Gasteiger partial charge in [0.1, 0.15) is 18.2 Å². The first-order valence-corrected chi connectivity index (χ1v) is 9.22. The van der Waals surface area contributed by atoms with Gasteiger partial charge in [0, 0.05) is 11.3 Å². The van der Waals surface area contributed by atoms with Crippen molar-refractivity contribution in [3.63, 3.8) is 0 Å². The van der Waals surface area contributed by atoms with Crippen molar-refractivity contribution in [3.8, 4) is 6.07 Å². The van der Waals surface area contributed by atoms with Crippen molar-refractivity contribution >= 4 is 23.6 Å². The van der Waals surface area contributed by atoms with E-state index in [4.69, 9.17) is 10.00 Å². The van der Waals surface area contributed by atoms with Gasteiger partial charge in [0.15, 0.2) is 0 Å². The molecule has 152 valence electrons. The van der Waals surface area contributed by atoms with Gasteiger partial charge in [0.05, 0.1) is 6.07 Å². The maximum atomic E-state index is 12.6. The van der Waals surface area contributed by atoms with Gasteiger partial charge in [-0.15, -0.1) is 0 Å². The van der Waals surface area contributed by atoms with E-state index in [1.807, 2.05) is 13.0 Å². The molecule has 0 aliphatic rings. The molecule has 0 bridgehead atoms. The standard InChI is InChI=1S/C20H28N4O4/c1-5-6-10-16(18(26)22-12-11-21)24-17(25)14-8-7-9-15(13-14)23-19(27)28-20(2,3)4/h7-9,13,16H,5-6,10,12H2,1-4H3,(H,22,26)(H,23,27)(H,24,25)/t16-/m0/s1. The van der Waals surface area contributed by atoms with Crippen molar-refractivity contribution < 1.29 is 19.1 Å². The van der Waals surface area contributed by atoms with Gasteiger partial charge in [-0.25, -0.2) is 4.79 Å². The normalized spacial score (nSPS) is 11.7. The van der Waals surface area contributed by atoms with Gasteiger partial charge in [0.25, 0.3) is 5.91 Å². The number of rotatable bonds is 8. The Morgan fingerprint density at radius 3 is 2.57 bits per heavy atom. The molecule has 0 aromatic heterocycles. The molecule has 0 radical (unpaired) electrons. The molecule has 28 heavy (non-hydrogen) atoms. The zero-order valence-electron chi connectivity index (χ0n) is 16.8. The van der Waals surface area contributed by atoms with Crippen LogP contribution in [0.15, 0.2) is 24.3 Å². The second kappa shape index (κ2) is 10.9. The number of benzene rings is 1. The van der Waals surface area contributed by atoms with Gasteiger partial charge in [-0.1, -0.05) is 25.8 Å². The Kier molecular flexibility index (Phi) is 8.96. The predicted octanol–water partition coefficient (Wildman–Crippen LogP) is 2.96. The first-order valence-electron chi connectivity index (χ1n) is 9.22. The summed E-state index contributed by atoms with van der Waals surface area (Å²) >= 11 is 0. The summed E-state index contributed by atoms with van der Waals surface area (Å²) in [7, 11) is 0. The highest BCUT2D eigenvalue weighted by Gasteiger charge is 2.21. The molecule has 0 unspecified atom stereocenters. The Labute approximate surface area is 165 Å². The van der Waals surface area contributed by atoms with Crippen molar-refractivity contribution in [2.24, 2.45) is 0 Å². The van der Waals surface area contributed by atoms with Crippen molar-refractivity contribution in [3.05, 3.63) is 29.8 Å². The molecular weight excluding hydrogens is 360 g/mol. The SMILES string of the molecule is CCCC[C@H](NC(=O)c1cccc(NC(=O)OC(C)(C)C)c1)C(=O)NCC#N. The smallest absolute Gasteiger partial charge is 0.412 e. The van der Waals surface area contributed by atoms with Crippen LogP contribution in [-0.2, 0) is 9.53 Å². The number of carbonyl (C=O) groups excluding carboxylic acids is 3. The van der Waals surface area contributed by atoms with Crippen LogP contribution < -0.4 is 16.0 Å². The van der Waals surface area contributed by atoms with Gasteiger partial charge in [-0.05, 0) is 45.4 Å². The van der Waals surface area contributed by atoms with E-state index < -0.39 is 29.6 Å². The Bertz CT molecular complexity index is 734. The van der Waals surface area contributed by atoms with Gasteiger partial charge in [-0.3, -0.25) is 14.9 Å². The highest BCUT2D eigenvalue weighted by atomic mass is 16.6. The van der Waals surface area contributed by atoms with Crippen LogP contribution in [-0.4, -0.2) is 36.1 Å². The minimum atomic E-state index is -0.733. The number of unbranched alkanes of at least 4 members (excludes halogenated alkanes) is 1. The van der Waals surface area contributed by atoms with E-state index in [1.165, 1.54) is 6.07 Å². The monoisotopic (exact) mass is 388 g/mol. The summed E-state index contributed by atoms with van der Waals surface area (Å²) < 4.78 is 5.19. The number of anilines is 1. The van der Waals surface area contributed by atoms with Gasteiger partial charge < -0.3 is 15.4 Å². The second-order valence-corrected chi connectivity index (χ2v) is 7.25. The van der Waals surface area contributed by atoms with Crippen molar-refractivity contribution in [1.29, 1.82) is 5.26 Å². The Morgan fingerprint density at radius 2 is 1.96 bits per heavy atom. The summed E-state index contributed by atoms with van der Waals surface area (Å²) in [4.78, 5) is 36.6. The van der Waals surface area contributed by atoms with E-state index in [0.29, 0.717) is 17.7 Å². The summed E-state index contributed by atoms with van der Waals surface area (Å²) in [5.74, 6) is -0.840. The average Bonchev–Trinajstić information content (AvgIpc) is 2.61. The fraction of sp³-hybridized carbons (Fsp3) is 0.500. The summed E-state index contributed by atoms with van der Waals surface area (Å²) in [5, 5.41) is 16.3. The zero-order chi connectivity index (χ0) is 21.2. The van der Waals surface area contributed by atoms with E-state index >= 15 is 0 Å². The molecule has 1 rings (SSSR count).